The van der Waals surface area contributed by atoms with Crippen molar-refractivity contribution < 1.29 is 17.9 Å². The van der Waals surface area contributed by atoms with Gasteiger partial charge in [-0.15, -0.1) is 0 Å². The number of aromatic nitrogens is 2. The number of methoxy groups -OCH3 is 1. The third-order valence-electron chi connectivity index (χ3n) is 3.48. The minimum absolute atomic E-state index is 0.137. The molecule has 3 rings (SSSR count). The summed E-state index contributed by atoms with van der Waals surface area (Å²) in [6.07, 6.45) is 0. The fraction of sp³-hybridized carbons (Fsp3) is 0.250. The Morgan fingerprint density at radius 3 is 2.64 bits per heavy atom. The highest BCUT2D eigenvalue weighted by Gasteiger charge is 2.19. The standard InChI is InChI=1S/C16H17N3O4S2/c1-22-9-10-23-13-7-5-12(6-8-13)11-17-25(20,21)15-4-2-3-14-16(15)19-24-18-14/h2-8,17H,9-11H2,1H3. The minimum atomic E-state index is -3.68. The van der Waals surface area contributed by atoms with Gasteiger partial charge in [-0.1, -0.05) is 18.2 Å². The lowest BCUT2D eigenvalue weighted by atomic mass is 10.2. The molecule has 0 aliphatic heterocycles. The van der Waals surface area contributed by atoms with Gasteiger partial charge in [0.05, 0.1) is 18.3 Å². The lowest BCUT2D eigenvalue weighted by molar-refractivity contribution is 0.146. The first-order valence-electron chi connectivity index (χ1n) is 7.52. The molecule has 1 heterocycles. The Labute approximate surface area is 150 Å². The molecule has 0 saturated carbocycles. The summed E-state index contributed by atoms with van der Waals surface area (Å²) in [6, 6.07) is 12.1. The largest absolute Gasteiger partial charge is 0.491 e. The summed E-state index contributed by atoms with van der Waals surface area (Å²) in [5, 5.41) is 0. The van der Waals surface area contributed by atoms with E-state index in [9.17, 15) is 8.42 Å². The summed E-state index contributed by atoms with van der Waals surface area (Å²) < 4.78 is 46.2. The van der Waals surface area contributed by atoms with Crippen LogP contribution in [-0.4, -0.2) is 37.5 Å². The molecule has 0 atom stereocenters. The highest BCUT2D eigenvalue weighted by molar-refractivity contribution is 7.89. The monoisotopic (exact) mass is 379 g/mol. The molecule has 9 heteroatoms. The zero-order chi connectivity index (χ0) is 17.7. The Bertz CT molecular complexity index is 939. The SMILES string of the molecule is COCCOc1ccc(CNS(=O)(=O)c2cccc3nsnc23)cc1. The zero-order valence-corrected chi connectivity index (χ0v) is 15.1. The average Bonchev–Trinajstić information content (AvgIpc) is 3.10. The normalized spacial score (nSPS) is 11.7. The molecule has 0 fully saturated rings. The fourth-order valence-electron chi connectivity index (χ4n) is 2.20. The lowest BCUT2D eigenvalue weighted by Gasteiger charge is -2.09. The molecular weight excluding hydrogens is 362 g/mol. The van der Waals surface area contributed by atoms with Crippen molar-refractivity contribution >= 4 is 32.8 Å². The van der Waals surface area contributed by atoms with E-state index in [1.807, 2.05) is 12.1 Å². The van der Waals surface area contributed by atoms with E-state index in [2.05, 4.69) is 13.5 Å². The third kappa shape index (κ3) is 4.31. The molecule has 0 amide bonds. The van der Waals surface area contributed by atoms with E-state index in [-0.39, 0.29) is 11.4 Å². The maximum Gasteiger partial charge on any atom is 0.243 e. The lowest BCUT2D eigenvalue weighted by Crippen LogP contribution is -2.23. The Morgan fingerprint density at radius 2 is 1.88 bits per heavy atom. The maximum absolute atomic E-state index is 12.5. The van der Waals surface area contributed by atoms with Gasteiger partial charge in [0.1, 0.15) is 28.3 Å². The smallest absolute Gasteiger partial charge is 0.243 e. The number of nitrogens with zero attached hydrogens (tertiary/aromatic N) is 2. The highest BCUT2D eigenvalue weighted by Crippen LogP contribution is 2.21. The van der Waals surface area contributed by atoms with Crippen LogP contribution in [0.25, 0.3) is 11.0 Å². The molecule has 2 aromatic carbocycles. The average molecular weight is 379 g/mol. The van der Waals surface area contributed by atoms with Crippen LogP contribution in [0.15, 0.2) is 47.4 Å². The Morgan fingerprint density at radius 1 is 1.08 bits per heavy atom. The van der Waals surface area contributed by atoms with Gasteiger partial charge < -0.3 is 9.47 Å². The van der Waals surface area contributed by atoms with E-state index in [4.69, 9.17) is 9.47 Å². The number of benzene rings is 2. The molecular formula is C16H17N3O4S2. The van der Waals surface area contributed by atoms with E-state index in [1.165, 1.54) is 6.07 Å². The molecule has 0 bridgehead atoms. The predicted octanol–water partition coefficient (Wildman–Crippen LogP) is 2.20. The van der Waals surface area contributed by atoms with Crippen LogP contribution in [0.2, 0.25) is 0 Å². The van der Waals surface area contributed by atoms with Crippen LogP contribution < -0.4 is 9.46 Å². The molecule has 132 valence electrons. The molecule has 1 N–H and O–H groups in total. The van der Waals surface area contributed by atoms with Crippen LogP contribution in [0.3, 0.4) is 0 Å². The number of hydrogen-bond donors (Lipinski definition) is 1. The van der Waals surface area contributed by atoms with Gasteiger partial charge in [-0.05, 0) is 29.8 Å². The Balaban J connectivity index is 1.67. The summed E-state index contributed by atoms with van der Waals surface area (Å²) in [4.78, 5) is 0.137. The van der Waals surface area contributed by atoms with Crippen molar-refractivity contribution in [2.45, 2.75) is 11.4 Å². The van der Waals surface area contributed by atoms with Gasteiger partial charge in [0.2, 0.25) is 10.0 Å². The molecule has 0 saturated heterocycles. The summed E-state index contributed by atoms with van der Waals surface area (Å²) >= 11 is 0.992. The van der Waals surface area contributed by atoms with Gasteiger partial charge in [0.25, 0.3) is 0 Å². The van der Waals surface area contributed by atoms with Gasteiger partial charge in [-0.2, -0.15) is 8.75 Å². The Kier molecular flexibility index (Phi) is 5.59. The van der Waals surface area contributed by atoms with Crippen LogP contribution in [0.1, 0.15) is 5.56 Å². The molecule has 25 heavy (non-hydrogen) atoms. The van der Waals surface area contributed by atoms with Gasteiger partial charge in [0.15, 0.2) is 0 Å². The maximum atomic E-state index is 12.5. The van der Waals surface area contributed by atoms with E-state index in [1.54, 1.807) is 31.4 Å². The molecule has 0 radical (unpaired) electrons. The van der Waals surface area contributed by atoms with Crippen molar-refractivity contribution in [3.63, 3.8) is 0 Å². The van der Waals surface area contributed by atoms with E-state index in [0.29, 0.717) is 30.0 Å². The summed E-state index contributed by atoms with van der Waals surface area (Å²) in [6.45, 7) is 1.15. The van der Waals surface area contributed by atoms with Crippen LogP contribution in [0.5, 0.6) is 5.75 Å². The highest BCUT2D eigenvalue weighted by atomic mass is 32.2. The van der Waals surface area contributed by atoms with Crippen molar-refractivity contribution in [2.24, 2.45) is 0 Å². The van der Waals surface area contributed by atoms with Crippen LogP contribution in [-0.2, 0) is 21.3 Å². The van der Waals surface area contributed by atoms with Crippen LogP contribution in [0, 0.1) is 0 Å². The van der Waals surface area contributed by atoms with Gasteiger partial charge >= 0.3 is 0 Å². The molecule has 1 aromatic heterocycles. The quantitative estimate of drug-likeness (QED) is 0.604. The topological polar surface area (TPSA) is 90.4 Å². The number of hydrogen-bond acceptors (Lipinski definition) is 7. The van der Waals surface area contributed by atoms with Gasteiger partial charge in [-0.3, -0.25) is 0 Å². The third-order valence-corrected chi connectivity index (χ3v) is 5.46. The minimum Gasteiger partial charge on any atom is -0.491 e. The number of sulfonamides is 1. The van der Waals surface area contributed by atoms with Crippen molar-refractivity contribution in [3.05, 3.63) is 48.0 Å². The first-order valence-corrected chi connectivity index (χ1v) is 9.73. The van der Waals surface area contributed by atoms with Crippen LogP contribution in [0.4, 0.5) is 0 Å². The van der Waals surface area contributed by atoms with E-state index in [0.717, 1.165) is 17.3 Å². The number of rotatable bonds is 8. The molecule has 7 nitrogen and oxygen atoms in total. The molecule has 3 aromatic rings. The first kappa shape index (κ1) is 17.7. The van der Waals surface area contributed by atoms with Crippen molar-refractivity contribution in [2.75, 3.05) is 20.3 Å². The molecule has 0 aliphatic carbocycles. The summed E-state index contributed by atoms with van der Waals surface area (Å²) in [5.41, 5.74) is 1.79. The second kappa shape index (κ2) is 7.87. The van der Waals surface area contributed by atoms with Crippen LogP contribution >= 0.6 is 11.7 Å². The Hall–Kier alpha value is -2.07. The second-order valence-corrected chi connectivity index (χ2v) is 7.46. The van der Waals surface area contributed by atoms with Crippen molar-refractivity contribution in [1.29, 1.82) is 0 Å². The zero-order valence-electron chi connectivity index (χ0n) is 13.5. The first-order chi connectivity index (χ1) is 12.1. The molecule has 0 aliphatic rings. The number of ether oxygens (including phenoxy) is 2. The molecule has 0 spiro atoms. The fourth-order valence-corrected chi connectivity index (χ4v) is 3.98. The van der Waals surface area contributed by atoms with E-state index >= 15 is 0 Å². The molecule has 0 unspecified atom stereocenters. The second-order valence-electron chi connectivity index (χ2n) is 5.20. The number of fused-ring (bicyclic) bond motifs is 1. The predicted molar refractivity (Wildman–Crippen MR) is 95.3 cm³/mol. The summed E-state index contributed by atoms with van der Waals surface area (Å²) in [5.74, 6) is 0.710. The van der Waals surface area contributed by atoms with E-state index < -0.39 is 10.0 Å². The van der Waals surface area contributed by atoms with Crippen molar-refractivity contribution in [3.8, 4) is 5.75 Å². The summed E-state index contributed by atoms with van der Waals surface area (Å²) in [7, 11) is -2.06. The van der Waals surface area contributed by atoms with Gasteiger partial charge in [0, 0.05) is 13.7 Å². The van der Waals surface area contributed by atoms with Crippen molar-refractivity contribution in [1.82, 2.24) is 13.5 Å². The van der Waals surface area contributed by atoms with Gasteiger partial charge in [-0.25, -0.2) is 13.1 Å². The number of nitrogens with one attached hydrogen (secondary N) is 1.